The molecule has 0 atom stereocenters. The summed E-state index contributed by atoms with van der Waals surface area (Å²) in [6, 6.07) is 21.7. The number of carbonyl (C=O) groups excluding carboxylic acids is 1. The van der Waals surface area contributed by atoms with Gasteiger partial charge in [0, 0.05) is 51.4 Å². The third-order valence-electron chi connectivity index (χ3n) is 6.32. The fourth-order valence-corrected chi connectivity index (χ4v) is 4.35. The first kappa shape index (κ1) is 23.5. The highest BCUT2D eigenvalue weighted by atomic mass is 16.5. The molecule has 4 aromatic rings. The lowest BCUT2D eigenvalue weighted by Crippen LogP contribution is -2.46. The number of piperazine rings is 1. The average molecular weight is 484 g/mol. The maximum absolute atomic E-state index is 13.0. The van der Waals surface area contributed by atoms with Crippen molar-refractivity contribution in [3.63, 3.8) is 0 Å². The van der Waals surface area contributed by atoms with E-state index in [1.54, 1.807) is 24.9 Å². The number of anilines is 2. The molecule has 5 rings (SSSR count). The molecule has 1 aliphatic rings. The molecule has 1 aliphatic heterocycles. The quantitative estimate of drug-likeness (QED) is 0.431. The van der Waals surface area contributed by atoms with Gasteiger partial charge in [0.1, 0.15) is 29.4 Å². The molecule has 0 aliphatic carbocycles. The van der Waals surface area contributed by atoms with Gasteiger partial charge in [-0.1, -0.05) is 42.5 Å². The highest BCUT2D eigenvalue weighted by Gasteiger charge is 2.20. The number of amides is 1. The maximum Gasteiger partial charge on any atom is 0.275 e. The summed E-state index contributed by atoms with van der Waals surface area (Å²) in [6.45, 7) is 4.57. The summed E-state index contributed by atoms with van der Waals surface area (Å²) in [5.41, 5.74) is 3.32. The van der Waals surface area contributed by atoms with Crippen molar-refractivity contribution in [3.05, 3.63) is 84.3 Å². The number of nitrogens with one attached hydrogen (secondary N) is 1. The van der Waals surface area contributed by atoms with E-state index >= 15 is 0 Å². The molecule has 1 N–H and O–H groups in total. The van der Waals surface area contributed by atoms with Gasteiger partial charge in [-0.05, 0) is 23.8 Å². The first-order valence-corrected chi connectivity index (χ1v) is 11.9. The monoisotopic (exact) mass is 483 g/mol. The van der Waals surface area contributed by atoms with E-state index in [9.17, 15) is 4.79 Å². The van der Waals surface area contributed by atoms with Gasteiger partial charge in [0.2, 0.25) is 0 Å². The third-order valence-corrected chi connectivity index (χ3v) is 6.32. The van der Waals surface area contributed by atoms with Crippen LogP contribution in [0.5, 0.6) is 5.75 Å². The molecule has 0 bridgehead atoms. The number of carbonyl (C=O) groups is 1. The van der Waals surface area contributed by atoms with E-state index in [1.165, 1.54) is 11.9 Å². The number of ether oxygens (including phenoxy) is 1. The zero-order chi connectivity index (χ0) is 24.9. The molecular weight excluding hydrogens is 454 g/mol. The Labute approximate surface area is 210 Å². The zero-order valence-electron chi connectivity index (χ0n) is 20.5. The second kappa shape index (κ2) is 10.6. The van der Waals surface area contributed by atoms with Crippen molar-refractivity contribution < 1.29 is 9.53 Å². The fraction of sp³-hybridized carbons (Fsp3) is 0.259. The van der Waals surface area contributed by atoms with E-state index in [0.29, 0.717) is 17.2 Å². The van der Waals surface area contributed by atoms with Crippen molar-refractivity contribution in [3.8, 4) is 17.0 Å². The van der Waals surface area contributed by atoms with Gasteiger partial charge < -0.3 is 15.0 Å². The molecule has 0 saturated carbocycles. The molecule has 1 saturated heterocycles. The SMILES string of the molecule is COc1cccc(-c2cc(C(=O)Nc3cc(N4CCN(Cc5ccccc5)CC4)ncn3)n(C)n2)c1. The summed E-state index contributed by atoms with van der Waals surface area (Å²) in [5, 5.41) is 7.40. The Kier molecular flexibility index (Phi) is 6.90. The summed E-state index contributed by atoms with van der Waals surface area (Å²) in [5.74, 6) is 1.72. The minimum Gasteiger partial charge on any atom is -0.497 e. The third kappa shape index (κ3) is 5.36. The summed E-state index contributed by atoms with van der Waals surface area (Å²) in [4.78, 5) is 26.4. The van der Waals surface area contributed by atoms with Gasteiger partial charge >= 0.3 is 0 Å². The number of methoxy groups -OCH3 is 1. The Morgan fingerprint density at radius 1 is 0.972 bits per heavy atom. The topological polar surface area (TPSA) is 88.4 Å². The average Bonchev–Trinajstić information content (AvgIpc) is 3.32. The van der Waals surface area contributed by atoms with Crippen molar-refractivity contribution in [2.24, 2.45) is 7.05 Å². The van der Waals surface area contributed by atoms with Crippen LogP contribution in [0.25, 0.3) is 11.3 Å². The van der Waals surface area contributed by atoms with E-state index in [2.05, 4.69) is 54.4 Å². The minimum atomic E-state index is -0.281. The highest BCUT2D eigenvalue weighted by molar-refractivity contribution is 6.03. The van der Waals surface area contributed by atoms with Crippen molar-refractivity contribution >= 4 is 17.5 Å². The van der Waals surface area contributed by atoms with Crippen LogP contribution in [0.15, 0.2) is 73.1 Å². The molecule has 1 fully saturated rings. The molecule has 36 heavy (non-hydrogen) atoms. The Balaban J connectivity index is 1.23. The molecule has 1 amide bonds. The van der Waals surface area contributed by atoms with Crippen LogP contribution in [0, 0.1) is 0 Å². The molecule has 0 spiro atoms. The van der Waals surface area contributed by atoms with Gasteiger partial charge in [-0.25, -0.2) is 9.97 Å². The standard InChI is InChI=1S/C27H29N7O2/c1-32-24(16-23(31-32)21-9-6-10-22(15-21)36-2)27(35)30-25-17-26(29-19-28-25)34-13-11-33(12-14-34)18-20-7-4-3-5-8-20/h3-10,15-17,19H,11-14,18H2,1-2H3,(H,28,29,30,35). The molecule has 2 aromatic heterocycles. The van der Waals surface area contributed by atoms with Gasteiger partial charge in [0.15, 0.2) is 0 Å². The largest absolute Gasteiger partial charge is 0.497 e. The first-order chi connectivity index (χ1) is 17.6. The molecule has 2 aromatic carbocycles. The van der Waals surface area contributed by atoms with E-state index in [4.69, 9.17) is 4.74 Å². The predicted octanol–water partition coefficient (Wildman–Crippen LogP) is 3.46. The molecule has 184 valence electrons. The summed E-state index contributed by atoms with van der Waals surface area (Å²) in [7, 11) is 3.37. The van der Waals surface area contributed by atoms with Crippen LogP contribution in [0.2, 0.25) is 0 Å². The number of hydrogen-bond donors (Lipinski definition) is 1. The number of rotatable bonds is 7. The molecule has 0 radical (unpaired) electrons. The number of aryl methyl sites for hydroxylation is 1. The zero-order valence-corrected chi connectivity index (χ0v) is 20.5. The van der Waals surface area contributed by atoms with Crippen molar-refractivity contribution in [1.82, 2.24) is 24.6 Å². The summed E-state index contributed by atoms with van der Waals surface area (Å²) >= 11 is 0. The van der Waals surface area contributed by atoms with E-state index in [0.717, 1.165) is 49.9 Å². The van der Waals surface area contributed by atoms with Crippen molar-refractivity contribution in [2.75, 3.05) is 43.5 Å². The molecule has 0 unspecified atom stereocenters. The Bertz CT molecular complexity index is 1330. The lowest BCUT2D eigenvalue weighted by atomic mass is 10.1. The summed E-state index contributed by atoms with van der Waals surface area (Å²) in [6.07, 6.45) is 1.49. The Morgan fingerprint density at radius 3 is 2.56 bits per heavy atom. The van der Waals surface area contributed by atoms with E-state index < -0.39 is 0 Å². The minimum absolute atomic E-state index is 0.281. The van der Waals surface area contributed by atoms with Crippen LogP contribution in [0.4, 0.5) is 11.6 Å². The van der Waals surface area contributed by atoms with Gasteiger partial charge in [-0.15, -0.1) is 0 Å². The maximum atomic E-state index is 13.0. The number of hydrogen-bond acceptors (Lipinski definition) is 7. The van der Waals surface area contributed by atoms with Crippen LogP contribution < -0.4 is 15.0 Å². The van der Waals surface area contributed by atoms with E-state index in [-0.39, 0.29) is 5.91 Å². The number of nitrogens with zero attached hydrogens (tertiary/aromatic N) is 6. The van der Waals surface area contributed by atoms with Gasteiger partial charge in [0.05, 0.1) is 12.8 Å². The second-order valence-corrected chi connectivity index (χ2v) is 8.73. The smallest absolute Gasteiger partial charge is 0.275 e. The van der Waals surface area contributed by atoms with Gasteiger partial charge in [-0.3, -0.25) is 14.4 Å². The highest BCUT2D eigenvalue weighted by Crippen LogP contribution is 2.24. The number of benzene rings is 2. The molecule has 9 heteroatoms. The molecular formula is C27H29N7O2. The van der Waals surface area contributed by atoms with Crippen LogP contribution in [0.3, 0.4) is 0 Å². The van der Waals surface area contributed by atoms with Gasteiger partial charge in [-0.2, -0.15) is 5.10 Å². The first-order valence-electron chi connectivity index (χ1n) is 11.9. The molecule has 9 nitrogen and oxygen atoms in total. The predicted molar refractivity (Wildman–Crippen MR) is 139 cm³/mol. The summed E-state index contributed by atoms with van der Waals surface area (Å²) < 4.78 is 6.87. The lowest BCUT2D eigenvalue weighted by Gasteiger charge is -2.35. The van der Waals surface area contributed by atoms with Crippen LogP contribution in [-0.4, -0.2) is 63.8 Å². The van der Waals surface area contributed by atoms with Crippen molar-refractivity contribution in [1.29, 1.82) is 0 Å². The van der Waals surface area contributed by atoms with E-state index in [1.807, 2.05) is 36.4 Å². The molecule has 3 heterocycles. The van der Waals surface area contributed by atoms with Crippen LogP contribution in [-0.2, 0) is 13.6 Å². The van der Waals surface area contributed by atoms with Crippen molar-refractivity contribution in [2.45, 2.75) is 6.54 Å². The second-order valence-electron chi connectivity index (χ2n) is 8.73. The Morgan fingerprint density at radius 2 is 1.78 bits per heavy atom. The Hall–Kier alpha value is -4.24. The fourth-order valence-electron chi connectivity index (χ4n) is 4.35. The normalized spacial score (nSPS) is 14.0. The van der Waals surface area contributed by atoms with Crippen LogP contribution in [0.1, 0.15) is 16.1 Å². The number of aromatic nitrogens is 4. The van der Waals surface area contributed by atoms with Gasteiger partial charge in [0.25, 0.3) is 5.91 Å². The van der Waals surface area contributed by atoms with Crippen LogP contribution >= 0.6 is 0 Å². The lowest BCUT2D eigenvalue weighted by molar-refractivity contribution is 0.101.